The Labute approximate surface area is 239 Å². The van der Waals surface area contributed by atoms with Gasteiger partial charge in [-0.3, -0.25) is 9.88 Å². The van der Waals surface area contributed by atoms with Crippen molar-refractivity contribution in [1.29, 1.82) is 0 Å². The second kappa shape index (κ2) is 12.9. The lowest BCUT2D eigenvalue weighted by atomic mass is 10.0. The minimum atomic E-state index is -0.752. The molecule has 0 saturated carbocycles. The summed E-state index contributed by atoms with van der Waals surface area (Å²) in [7, 11) is 0. The summed E-state index contributed by atoms with van der Waals surface area (Å²) in [6, 6.07) is 32.4. The Morgan fingerprint density at radius 3 is 2.42 bits per heavy atom. The number of nitrogen functional groups attached to an aromatic ring is 1. The summed E-state index contributed by atoms with van der Waals surface area (Å²) in [6.07, 6.45) is 1.55. The van der Waals surface area contributed by atoms with Crippen LogP contribution in [-0.2, 0) is 13.0 Å². The number of halogens is 1. The first-order valence-electron chi connectivity index (χ1n) is 13.2. The van der Waals surface area contributed by atoms with Crippen LogP contribution in [0, 0.1) is 0 Å². The van der Waals surface area contributed by atoms with Crippen LogP contribution in [0.15, 0.2) is 109 Å². The van der Waals surface area contributed by atoms with Gasteiger partial charge in [0.15, 0.2) is 0 Å². The molecule has 0 amide bonds. The van der Waals surface area contributed by atoms with E-state index in [4.69, 9.17) is 22.1 Å². The van der Waals surface area contributed by atoms with E-state index in [2.05, 4.69) is 22.0 Å². The number of aliphatic hydroxyl groups is 2. The molecule has 0 aliphatic heterocycles. The molecule has 204 valence electrons. The number of anilines is 1. The molecule has 5 aromatic rings. The molecule has 1 heterocycles. The smallest absolute Gasteiger partial charge is 0.138 e. The third-order valence-electron chi connectivity index (χ3n) is 6.95. The Morgan fingerprint density at radius 2 is 1.68 bits per heavy atom. The van der Waals surface area contributed by atoms with Crippen molar-refractivity contribution >= 4 is 28.2 Å². The molecule has 5 rings (SSSR count). The zero-order valence-electron chi connectivity index (χ0n) is 22.0. The fourth-order valence-electron chi connectivity index (χ4n) is 4.83. The summed E-state index contributed by atoms with van der Waals surface area (Å²) in [4.78, 5) is 6.50. The number of ether oxygens (including phenoxy) is 1. The predicted molar refractivity (Wildman–Crippen MR) is 161 cm³/mol. The summed E-state index contributed by atoms with van der Waals surface area (Å²) in [5.74, 6) is 1.40. The third-order valence-corrected chi connectivity index (χ3v) is 7.18. The average Bonchev–Trinajstić information content (AvgIpc) is 2.97. The molecule has 0 unspecified atom stereocenters. The van der Waals surface area contributed by atoms with E-state index in [9.17, 15) is 10.2 Å². The quantitative estimate of drug-likeness (QED) is 0.164. The van der Waals surface area contributed by atoms with Gasteiger partial charge in [0, 0.05) is 41.4 Å². The first-order chi connectivity index (χ1) is 19.5. The van der Waals surface area contributed by atoms with Crippen molar-refractivity contribution in [2.75, 3.05) is 18.9 Å². The fourth-order valence-corrected chi connectivity index (χ4v) is 5.03. The van der Waals surface area contributed by atoms with Gasteiger partial charge in [-0.2, -0.15) is 0 Å². The number of nitrogens with two attached hydrogens (primary N) is 1. The molecule has 0 saturated heterocycles. The molecule has 0 aliphatic carbocycles. The largest absolute Gasteiger partial charge is 0.457 e. The van der Waals surface area contributed by atoms with E-state index in [-0.39, 0.29) is 12.6 Å². The molecule has 0 radical (unpaired) electrons. The molecule has 1 aromatic heterocycles. The highest BCUT2D eigenvalue weighted by Crippen LogP contribution is 2.30. The van der Waals surface area contributed by atoms with Crippen molar-refractivity contribution in [2.24, 2.45) is 0 Å². The van der Waals surface area contributed by atoms with Crippen molar-refractivity contribution < 1.29 is 14.9 Å². The highest BCUT2D eigenvalue weighted by atomic mass is 35.5. The van der Waals surface area contributed by atoms with E-state index < -0.39 is 6.10 Å². The van der Waals surface area contributed by atoms with Gasteiger partial charge in [0.2, 0.25) is 0 Å². The highest BCUT2D eigenvalue weighted by molar-refractivity contribution is 6.30. The lowest BCUT2D eigenvalue weighted by Crippen LogP contribution is -2.41. The van der Waals surface area contributed by atoms with Gasteiger partial charge in [-0.15, -0.1) is 0 Å². The summed E-state index contributed by atoms with van der Waals surface area (Å²) in [5.41, 5.74) is 10.2. The molecular formula is C33H32ClN3O3. The van der Waals surface area contributed by atoms with E-state index in [0.29, 0.717) is 41.7 Å². The molecule has 0 aliphatic rings. The van der Waals surface area contributed by atoms with Crippen LogP contribution < -0.4 is 10.5 Å². The number of hydrogen-bond acceptors (Lipinski definition) is 6. The van der Waals surface area contributed by atoms with E-state index in [1.54, 1.807) is 18.3 Å². The van der Waals surface area contributed by atoms with E-state index in [1.807, 2.05) is 78.9 Å². The Kier molecular flexibility index (Phi) is 8.94. The summed E-state index contributed by atoms with van der Waals surface area (Å²) < 4.78 is 6.17. The Morgan fingerprint density at radius 1 is 0.875 bits per heavy atom. The summed E-state index contributed by atoms with van der Waals surface area (Å²) >= 11 is 6.17. The molecule has 2 atom stereocenters. The van der Waals surface area contributed by atoms with Gasteiger partial charge in [0.05, 0.1) is 18.2 Å². The molecule has 0 fully saturated rings. The lowest BCUT2D eigenvalue weighted by Gasteiger charge is -2.32. The van der Waals surface area contributed by atoms with E-state index in [1.165, 1.54) is 0 Å². The number of rotatable bonds is 11. The monoisotopic (exact) mass is 553 g/mol. The van der Waals surface area contributed by atoms with Crippen LogP contribution in [0.2, 0.25) is 5.02 Å². The third kappa shape index (κ3) is 6.97. The van der Waals surface area contributed by atoms with Crippen LogP contribution in [0.25, 0.3) is 10.9 Å². The number of nitrogens with zero attached hydrogens (tertiary/aromatic N) is 2. The van der Waals surface area contributed by atoms with Gasteiger partial charge >= 0.3 is 0 Å². The first kappa shape index (κ1) is 27.6. The van der Waals surface area contributed by atoms with E-state index >= 15 is 0 Å². The van der Waals surface area contributed by atoms with Crippen molar-refractivity contribution in [2.45, 2.75) is 25.1 Å². The summed E-state index contributed by atoms with van der Waals surface area (Å²) in [6.45, 7) is 0.880. The predicted octanol–water partition coefficient (Wildman–Crippen LogP) is 6.40. The first-order valence-corrected chi connectivity index (χ1v) is 13.6. The molecule has 4 aromatic carbocycles. The van der Waals surface area contributed by atoms with Gasteiger partial charge in [-0.1, -0.05) is 66.2 Å². The van der Waals surface area contributed by atoms with Gasteiger partial charge in [-0.25, -0.2) is 0 Å². The second-order valence-electron chi connectivity index (χ2n) is 9.86. The van der Waals surface area contributed by atoms with Crippen LogP contribution in [0.4, 0.5) is 5.69 Å². The number of aliphatic hydroxyl groups excluding tert-OH is 2. The number of benzene rings is 4. The van der Waals surface area contributed by atoms with Crippen LogP contribution >= 0.6 is 11.6 Å². The topological polar surface area (TPSA) is 91.8 Å². The zero-order valence-corrected chi connectivity index (χ0v) is 22.8. The Balaban J connectivity index is 1.32. The minimum Gasteiger partial charge on any atom is -0.457 e. The van der Waals surface area contributed by atoms with Crippen molar-refractivity contribution in [3.8, 4) is 11.5 Å². The van der Waals surface area contributed by atoms with Gasteiger partial charge < -0.3 is 20.7 Å². The average molecular weight is 554 g/mol. The standard InChI is InChI=1S/C33H32ClN3O3/c34-26-8-4-7-25(18-26)32(39)21-37(20-24-5-2-1-3-6-24)28(22-38)17-23-9-12-29(13-10-23)40-33-15-16-36-31-19-27(35)11-14-30(31)33/h1-16,18-19,28,32,38-39H,17,20-22,35H2/t28-,32+/m0/s1. The lowest BCUT2D eigenvalue weighted by molar-refractivity contribution is 0.0566. The molecule has 0 spiro atoms. The zero-order chi connectivity index (χ0) is 27.9. The maximum atomic E-state index is 11.1. The van der Waals surface area contributed by atoms with Crippen LogP contribution in [0.3, 0.4) is 0 Å². The molecule has 0 bridgehead atoms. The van der Waals surface area contributed by atoms with Gasteiger partial charge in [0.25, 0.3) is 0 Å². The summed E-state index contributed by atoms with van der Waals surface area (Å²) in [5, 5.41) is 23.0. The maximum absolute atomic E-state index is 11.1. The van der Waals surface area contributed by atoms with Gasteiger partial charge in [0.1, 0.15) is 11.5 Å². The normalized spacial score (nSPS) is 12.9. The fraction of sp³-hybridized carbons (Fsp3) is 0.182. The molecular weight excluding hydrogens is 522 g/mol. The van der Waals surface area contributed by atoms with Crippen molar-refractivity contribution in [3.05, 3.63) is 131 Å². The minimum absolute atomic E-state index is 0.0561. The van der Waals surface area contributed by atoms with Crippen LogP contribution in [-0.4, -0.2) is 39.3 Å². The van der Waals surface area contributed by atoms with Crippen molar-refractivity contribution in [3.63, 3.8) is 0 Å². The molecule has 6 nitrogen and oxygen atoms in total. The highest BCUT2D eigenvalue weighted by Gasteiger charge is 2.23. The number of hydrogen-bond donors (Lipinski definition) is 3. The van der Waals surface area contributed by atoms with E-state index in [0.717, 1.165) is 27.6 Å². The second-order valence-corrected chi connectivity index (χ2v) is 10.3. The molecule has 7 heteroatoms. The Hall–Kier alpha value is -3.94. The maximum Gasteiger partial charge on any atom is 0.138 e. The molecule has 40 heavy (non-hydrogen) atoms. The van der Waals surface area contributed by atoms with Crippen molar-refractivity contribution in [1.82, 2.24) is 9.88 Å². The van der Waals surface area contributed by atoms with Crippen LogP contribution in [0.5, 0.6) is 11.5 Å². The number of pyridine rings is 1. The number of aromatic nitrogens is 1. The molecule has 4 N–H and O–H groups in total. The number of fused-ring (bicyclic) bond motifs is 1. The Bertz CT molecular complexity index is 1550. The van der Waals surface area contributed by atoms with Crippen LogP contribution in [0.1, 0.15) is 22.8 Å². The SMILES string of the molecule is Nc1ccc2c(Oc3ccc(C[C@@H](CO)N(Cc4ccccc4)C[C@@H](O)c4cccc(Cl)c4)cc3)ccnc2c1. The van der Waals surface area contributed by atoms with Gasteiger partial charge in [-0.05, 0) is 71.6 Å².